The van der Waals surface area contributed by atoms with Gasteiger partial charge in [-0.05, 0) is 23.3 Å². The van der Waals surface area contributed by atoms with Crippen LogP contribution in [0.4, 0.5) is 0 Å². The molecule has 0 aliphatic carbocycles. The molecular formula is C21H26BNO2. The highest BCUT2D eigenvalue weighted by molar-refractivity contribution is 6.32. The summed E-state index contributed by atoms with van der Waals surface area (Å²) in [6.07, 6.45) is 0. The van der Waals surface area contributed by atoms with Gasteiger partial charge in [0.1, 0.15) is 13.6 Å². The lowest BCUT2D eigenvalue weighted by Crippen LogP contribution is -2.54. The maximum atomic E-state index is 11.4. The lowest BCUT2D eigenvalue weighted by Gasteiger charge is -2.48. The Bertz CT molecular complexity index is 687. The number of rotatable bonds is 4. The maximum absolute atomic E-state index is 11.4. The van der Waals surface area contributed by atoms with Gasteiger partial charge in [0.05, 0.1) is 12.7 Å². The Morgan fingerprint density at radius 2 is 1.60 bits per heavy atom. The Kier molecular flexibility index (Phi) is 5.21. The summed E-state index contributed by atoms with van der Waals surface area (Å²) in [6, 6.07) is 15.9. The topological polar surface area (TPSA) is 32.7 Å². The molecule has 0 spiro atoms. The highest BCUT2D eigenvalue weighted by Gasteiger charge is 2.45. The van der Waals surface area contributed by atoms with Gasteiger partial charge in [0.15, 0.2) is 0 Å². The molecule has 25 heavy (non-hydrogen) atoms. The van der Waals surface area contributed by atoms with Gasteiger partial charge >= 0.3 is 0 Å². The van der Waals surface area contributed by atoms with Crippen LogP contribution in [0.25, 0.3) is 0 Å². The molecule has 3 rings (SSSR count). The largest absolute Gasteiger partial charge is 0.497 e. The lowest BCUT2D eigenvalue weighted by molar-refractivity contribution is -0.114. The lowest BCUT2D eigenvalue weighted by atomic mass is 9.70. The molecule has 1 saturated heterocycles. The van der Waals surface area contributed by atoms with Gasteiger partial charge < -0.3 is 9.84 Å². The Morgan fingerprint density at radius 3 is 2.12 bits per heavy atom. The number of benzene rings is 2. The molecule has 2 radical (unpaired) electrons. The Hall–Kier alpha value is -1.78. The van der Waals surface area contributed by atoms with E-state index < -0.39 is 5.60 Å². The Labute approximate surface area is 152 Å². The first-order valence-electron chi connectivity index (χ1n) is 8.87. The number of hydrogen-bond donors (Lipinski definition) is 1. The molecule has 130 valence electrons. The van der Waals surface area contributed by atoms with Crippen LogP contribution >= 0.6 is 0 Å². The Morgan fingerprint density at radius 1 is 1.04 bits per heavy atom. The summed E-state index contributed by atoms with van der Waals surface area (Å²) in [5.74, 6) is 1.15. The quantitative estimate of drug-likeness (QED) is 0.872. The second-order valence-electron chi connectivity index (χ2n) is 7.29. The predicted molar refractivity (Wildman–Crippen MR) is 102 cm³/mol. The molecule has 2 aromatic rings. The molecule has 4 heteroatoms. The fraction of sp³-hybridized carbons (Fsp3) is 0.429. The van der Waals surface area contributed by atoms with Crippen LogP contribution in [-0.2, 0) is 12.1 Å². The molecule has 1 fully saturated rings. The van der Waals surface area contributed by atoms with E-state index in [2.05, 4.69) is 30.9 Å². The van der Waals surface area contributed by atoms with Crippen molar-refractivity contribution in [2.45, 2.75) is 26.0 Å². The molecule has 1 aliphatic heterocycles. The van der Waals surface area contributed by atoms with Crippen molar-refractivity contribution in [3.05, 3.63) is 59.7 Å². The van der Waals surface area contributed by atoms with Gasteiger partial charge in [-0.25, -0.2) is 0 Å². The molecule has 1 heterocycles. The summed E-state index contributed by atoms with van der Waals surface area (Å²) >= 11 is 0. The first kappa shape index (κ1) is 18.0. The van der Waals surface area contributed by atoms with Gasteiger partial charge in [-0.3, -0.25) is 4.90 Å². The molecule has 2 aromatic carbocycles. The highest BCUT2D eigenvalue weighted by atomic mass is 16.5. The summed E-state index contributed by atoms with van der Waals surface area (Å²) in [5.41, 5.74) is 2.14. The molecule has 0 bridgehead atoms. The highest BCUT2D eigenvalue weighted by Crippen LogP contribution is 2.41. The van der Waals surface area contributed by atoms with Crippen molar-refractivity contribution in [3.8, 4) is 5.75 Å². The van der Waals surface area contributed by atoms with Crippen molar-refractivity contribution in [3.63, 3.8) is 0 Å². The zero-order valence-electron chi connectivity index (χ0n) is 15.3. The monoisotopic (exact) mass is 335 g/mol. The summed E-state index contributed by atoms with van der Waals surface area (Å²) < 4.78 is 5.22. The normalized spacial score (nSPS) is 27.2. The van der Waals surface area contributed by atoms with E-state index in [4.69, 9.17) is 12.6 Å². The molecule has 1 aliphatic rings. The number of piperidine rings is 1. The number of methoxy groups -OCH3 is 1. The van der Waals surface area contributed by atoms with Crippen LogP contribution in [0.3, 0.4) is 0 Å². The summed E-state index contributed by atoms with van der Waals surface area (Å²) in [7, 11) is 7.48. The number of nitrogens with zero attached hydrogens (tertiary/aromatic N) is 1. The van der Waals surface area contributed by atoms with Crippen LogP contribution in [0.1, 0.15) is 25.0 Å². The van der Waals surface area contributed by atoms with Gasteiger partial charge in [0.2, 0.25) is 0 Å². The van der Waals surface area contributed by atoms with Crippen molar-refractivity contribution in [2.24, 2.45) is 11.8 Å². The minimum Gasteiger partial charge on any atom is -0.497 e. The fourth-order valence-electron chi connectivity index (χ4n) is 4.05. The third-order valence-electron chi connectivity index (χ3n) is 5.51. The zero-order chi connectivity index (χ0) is 18.0. The first-order chi connectivity index (χ1) is 11.9. The number of aliphatic hydroxyl groups is 1. The van der Waals surface area contributed by atoms with E-state index in [-0.39, 0.29) is 11.8 Å². The van der Waals surface area contributed by atoms with Crippen LogP contribution in [0.5, 0.6) is 5.75 Å². The second-order valence-corrected chi connectivity index (χ2v) is 7.29. The van der Waals surface area contributed by atoms with Crippen molar-refractivity contribution in [1.29, 1.82) is 0 Å². The molecule has 0 saturated carbocycles. The third-order valence-corrected chi connectivity index (χ3v) is 5.51. The van der Waals surface area contributed by atoms with Gasteiger partial charge in [0, 0.05) is 31.5 Å². The number of hydrogen-bond acceptors (Lipinski definition) is 3. The number of likely N-dealkylation sites (tertiary alicyclic amines) is 1. The van der Waals surface area contributed by atoms with E-state index >= 15 is 0 Å². The van der Waals surface area contributed by atoms with E-state index in [0.717, 1.165) is 36.4 Å². The minimum atomic E-state index is -0.815. The van der Waals surface area contributed by atoms with Gasteiger partial charge in [-0.1, -0.05) is 55.7 Å². The van der Waals surface area contributed by atoms with Gasteiger partial charge in [-0.15, -0.1) is 0 Å². The van der Waals surface area contributed by atoms with Crippen molar-refractivity contribution < 1.29 is 9.84 Å². The molecule has 3 nitrogen and oxygen atoms in total. The van der Waals surface area contributed by atoms with Crippen LogP contribution < -0.4 is 10.2 Å². The smallest absolute Gasteiger partial charge is 0.118 e. The van der Waals surface area contributed by atoms with Crippen LogP contribution in [-0.4, -0.2) is 38.1 Å². The standard InChI is InChI=1S/C21H26BNO2/c1-15-12-23(14-17-4-10-20(25-3)11-5-17)13-16(2)21(15,24)18-6-8-19(22)9-7-18/h4-11,15-16,24H,12-14H2,1-3H3/t15-,16+,21?. The second kappa shape index (κ2) is 7.23. The minimum absolute atomic E-state index is 0.137. The average Bonchev–Trinajstić information content (AvgIpc) is 2.61. The zero-order valence-corrected chi connectivity index (χ0v) is 15.3. The predicted octanol–water partition coefficient (Wildman–Crippen LogP) is 2.46. The SMILES string of the molecule is [B]c1ccc(C2(O)[C@H](C)CN(Cc3ccc(OC)cc3)C[C@@H]2C)cc1. The Balaban J connectivity index is 1.73. The van der Waals surface area contributed by atoms with Crippen LogP contribution in [0.2, 0.25) is 0 Å². The van der Waals surface area contributed by atoms with Crippen LogP contribution in [0.15, 0.2) is 48.5 Å². The van der Waals surface area contributed by atoms with Crippen molar-refractivity contribution >= 4 is 13.3 Å². The molecule has 1 N–H and O–H groups in total. The van der Waals surface area contributed by atoms with Gasteiger partial charge in [-0.2, -0.15) is 0 Å². The van der Waals surface area contributed by atoms with Crippen molar-refractivity contribution in [2.75, 3.05) is 20.2 Å². The van der Waals surface area contributed by atoms with E-state index in [0.29, 0.717) is 0 Å². The average molecular weight is 335 g/mol. The van der Waals surface area contributed by atoms with E-state index in [1.807, 2.05) is 36.4 Å². The summed E-state index contributed by atoms with van der Waals surface area (Å²) in [5, 5.41) is 11.4. The molecule has 1 unspecified atom stereocenters. The van der Waals surface area contributed by atoms with E-state index in [9.17, 15) is 5.11 Å². The maximum Gasteiger partial charge on any atom is 0.118 e. The summed E-state index contributed by atoms with van der Waals surface area (Å²) in [4.78, 5) is 2.42. The van der Waals surface area contributed by atoms with Crippen molar-refractivity contribution in [1.82, 2.24) is 4.90 Å². The molecule has 0 amide bonds. The summed E-state index contributed by atoms with van der Waals surface area (Å²) in [6.45, 7) is 6.87. The van der Waals surface area contributed by atoms with Crippen LogP contribution in [0, 0.1) is 11.8 Å². The fourth-order valence-corrected chi connectivity index (χ4v) is 4.05. The van der Waals surface area contributed by atoms with E-state index in [1.54, 1.807) is 7.11 Å². The third kappa shape index (κ3) is 3.60. The van der Waals surface area contributed by atoms with Gasteiger partial charge in [0.25, 0.3) is 0 Å². The number of ether oxygens (including phenoxy) is 1. The van der Waals surface area contributed by atoms with E-state index in [1.165, 1.54) is 5.56 Å². The first-order valence-corrected chi connectivity index (χ1v) is 8.87. The molecular weight excluding hydrogens is 309 g/mol. The molecule has 3 atom stereocenters. The molecule has 0 aromatic heterocycles.